The summed E-state index contributed by atoms with van der Waals surface area (Å²) in [5.41, 5.74) is 0.477. The molecule has 0 saturated carbocycles. The highest BCUT2D eigenvalue weighted by molar-refractivity contribution is 5.99. The van der Waals surface area contributed by atoms with E-state index in [2.05, 4.69) is 4.98 Å². The molecule has 0 spiro atoms. The minimum Gasteiger partial charge on any atom is -0.356 e. The highest BCUT2D eigenvalue weighted by Crippen LogP contribution is 2.27. The van der Waals surface area contributed by atoms with Gasteiger partial charge >= 0.3 is 0 Å². The van der Waals surface area contributed by atoms with Crippen molar-refractivity contribution in [3.05, 3.63) is 12.0 Å². The number of carbonyl (C=O) groups excluding carboxylic acids is 2. The van der Waals surface area contributed by atoms with Crippen molar-refractivity contribution in [2.24, 2.45) is 7.05 Å². The number of fused-ring (bicyclic) bond motifs is 1. The molecule has 8 heteroatoms. The minimum absolute atomic E-state index is 0.177. The largest absolute Gasteiger partial charge is 0.356 e. The summed E-state index contributed by atoms with van der Waals surface area (Å²) in [7, 11) is 3.47. The van der Waals surface area contributed by atoms with Crippen molar-refractivity contribution < 1.29 is 14.7 Å². The number of carbonyl (C=O) groups is 2. The van der Waals surface area contributed by atoms with Crippen molar-refractivity contribution in [3.8, 4) is 0 Å². The lowest BCUT2D eigenvalue weighted by molar-refractivity contribution is -0.127. The summed E-state index contributed by atoms with van der Waals surface area (Å²) in [5, 5.41) is 10.3. The van der Waals surface area contributed by atoms with E-state index in [1.54, 1.807) is 29.9 Å². The third-order valence-corrected chi connectivity index (χ3v) is 4.34. The van der Waals surface area contributed by atoms with Gasteiger partial charge in [0.05, 0.1) is 6.33 Å². The Hall–Kier alpha value is -2.09. The van der Waals surface area contributed by atoms with Crippen LogP contribution < -0.4 is 4.90 Å². The molecular weight excluding hydrogens is 286 g/mol. The van der Waals surface area contributed by atoms with Gasteiger partial charge in [0.15, 0.2) is 11.5 Å². The maximum absolute atomic E-state index is 12.5. The zero-order valence-corrected chi connectivity index (χ0v) is 12.9. The van der Waals surface area contributed by atoms with Crippen LogP contribution >= 0.6 is 0 Å². The minimum atomic E-state index is -1.02. The number of hydrogen-bond donors (Lipinski definition) is 1. The Labute approximate surface area is 128 Å². The topological polar surface area (TPSA) is 81.9 Å². The summed E-state index contributed by atoms with van der Waals surface area (Å²) in [4.78, 5) is 33.1. The average Bonchev–Trinajstić information content (AvgIpc) is 3.07. The summed E-state index contributed by atoms with van der Waals surface area (Å²) in [6.45, 7) is 1.82. The highest BCUT2D eigenvalue weighted by Gasteiger charge is 2.37. The molecule has 2 aliphatic rings. The van der Waals surface area contributed by atoms with Crippen molar-refractivity contribution in [1.82, 2.24) is 19.4 Å². The molecule has 2 amide bonds. The number of hydrogen-bond acceptors (Lipinski definition) is 5. The number of aliphatic hydroxyl groups excluding tert-OH is 1. The van der Waals surface area contributed by atoms with E-state index in [1.165, 1.54) is 4.90 Å². The summed E-state index contributed by atoms with van der Waals surface area (Å²) >= 11 is 0. The molecule has 1 N–H and O–H groups in total. The van der Waals surface area contributed by atoms with Crippen LogP contribution in [0, 0.1) is 0 Å². The number of amides is 2. The molecule has 3 rings (SSSR count). The predicted octanol–water partition coefficient (Wildman–Crippen LogP) is -0.399. The zero-order valence-electron chi connectivity index (χ0n) is 12.9. The van der Waals surface area contributed by atoms with E-state index in [9.17, 15) is 14.7 Å². The molecular formula is C14H21N5O3. The van der Waals surface area contributed by atoms with Crippen LogP contribution in [0.5, 0.6) is 0 Å². The van der Waals surface area contributed by atoms with Crippen LogP contribution in [0.15, 0.2) is 6.33 Å². The Bertz CT molecular complexity index is 599. The number of likely N-dealkylation sites (tertiary alicyclic amines) is 1. The number of aliphatic hydroxyl groups is 1. The molecule has 1 fully saturated rings. The fourth-order valence-corrected chi connectivity index (χ4v) is 3.07. The van der Waals surface area contributed by atoms with Crippen LogP contribution in [0.1, 0.15) is 29.8 Å². The van der Waals surface area contributed by atoms with Gasteiger partial charge in [0.2, 0.25) is 12.3 Å². The van der Waals surface area contributed by atoms with Crippen LogP contribution in [0.2, 0.25) is 0 Å². The van der Waals surface area contributed by atoms with E-state index < -0.39 is 6.35 Å². The molecule has 1 saturated heterocycles. The van der Waals surface area contributed by atoms with Gasteiger partial charge in [0.1, 0.15) is 0 Å². The average molecular weight is 307 g/mol. The first-order chi connectivity index (χ1) is 10.5. The van der Waals surface area contributed by atoms with Gasteiger partial charge in [-0.25, -0.2) is 4.98 Å². The smallest absolute Gasteiger partial charge is 0.277 e. The van der Waals surface area contributed by atoms with Gasteiger partial charge in [0.25, 0.3) is 5.91 Å². The number of anilines is 1. The van der Waals surface area contributed by atoms with Gasteiger partial charge in [-0.15, -0.1) is 0 Å². The third-order valence-electron chi connectivity index (χ3n) is 4.34. The SMILES string of the molecule is CN1c2ncn(C)c2C(=O)N(CCCN2CCCC2=O)C1O. The predicted molar refractivity (Wildman–Crippen MR) is 79.1 cm³/mol. The molecule has 3 heterocycles. The first-order valence-corrected chi connectivity index (χ1v) is 7.51. The van der Waals surface area contributed by atoms with Crippen molar-refractivity contribution >= 4 is 17.6 Å². The molecule has 0 aromatic carbocycles. The molecule has 0 radical (unpaired) electrons. The number of rotatable bonds is 4. The second-order valence-electron chi connectivity index (χ2n) is 5.82. The van der Waals surface area contributed by atoms with E-state index in [0.29, 0.717) is 37.4 Å². The first kappa shape index (κ1) is 14.8. The van der Waals surface area contributed by atoms with Crippen molar-refractivity contribution in [2.45, 2.75) is 25.6 Å². The molecule has 1 aromatic rings. The fourth-order valence-electron chi connectivity index (χ4n) is 3.07. The molecule has 120 valence electrons. The van der Waals surface area contributed by atoms with Crippen LogP contribution in [0.3, 0.4) is 0 Å². The number of nitrogens with zero attached hydrogens (tertiary/aromatic N) is 5. The maximum Gasteiger partial charge on any atom is 0.277 e. The summed E-state index contributed by atoms with van der Waals surface area (Å²) < 4.78 is 1.66. The molecule has 1 aromatic heterocycles. The Morgan fingerprint density at radius 2 is 2.09 bits per heavy atom. The van der Waals surface area contributed by atoms with Crippen molar-refractivity contribution in [1.29, 1.82) is 0 Å². The zero-order chi connectivity index (χ0) is 15.9. The molecule has 8 nitrogen and oxygen atoms in total. The number of imidazole rings is 1. The molecule has 1 atom stereocenters. The van der Waals surface area contributed by atoms with Gasteiger partial charge in [-0.3, -0.25) is 14.5 Å². The number of aromatic nitrogens is 2. The van der Waals surface area contributed by atoms with Crippen molar-refractivity contribution in [3.63, 3.8) is 0 Å². The van der Waals surface area contributed by atoms with Crippen LogP contribution in [-0.4, -0.2) is 69.3 Å². The van der Waals surface area contributed by atoms with Gasteiger partial charge in [-0.05, 0) is 12.8 Å². The van der Waals surface area contributed by atoms with Crippen LogP contribution in [0.25, 0.3) is 0 Å². The molecule has 1 unspecified atom stereocenters. The van der Waals surface area contributed by atoms with E-state index in [0.717, 1.165) is 13.0 Å². The van der Waals surface area contributed by atoms with Crippen LogP contribution in [0.4, 0.5) is 5.82 Å². The first-order valence-electron chi connectivity index (χ1n) is 7.51. The normalized spacial score (nSPS) is 21.8. The lowest BCUT2D eigenvalue weighted by atomic mass is 10.2. The maximum atomic E-state index is 12.5. The van der Waals surface area contributed by atoms with Crippen LogP contribution in [-0.2, 0) is 11.8 Å². The summed E-state index contributed by atoms with van der Waals surface area (Å²) in [6.07, 6.45) is 2.72. The fraction of sp³-hybridized carbons (Fsp3) is 0.643. The second kappa shape index (κ2) is 5.60. The van der Waals surface area contributed by atoms with E-state index in [-0.39, 0.29) is 11.8 Å². The molecule has 2 aliphatic heterocycles. The monoisotopic (exact) mass is 307 g/mol. The lowest BCUT2D eigenvalue weighted by Gasteiger charge is -2.38. The quantitative estimate of drug-likeness (QED) is 0.818. The Balaban J connectivity index is 1.67. The van der Waals surface area contributed by atoms with Gasteiger partial charge < -0.3 is 19.5 Å². The van der Waals surface area contributed by atoms with E-state index in [1.807, 2.05) is 4.90 Å². The van der Waals surface area contributed by atoms with E-state index in [4.69, 9.17) is 0 Å². The lowest BCUT2D eigenvalue weighted by Crippen LogP contribution is -2.54. The highest BCUT2D eigenvalue weighted by atomic mass is 16.3. The number of aryl methyl sites for hydroxylation is 1. The standard InChI is InChI=1S/C14H21N5O3/c1-16-9-15-12-11(16)13(21)19(14(22)17(12)2)8-4-7-18-6-3-5-10(18)20/h9,14,22H,3-8H2,1-2H3. The second-order valence-corrected chi connectivity index (χ2v) is 5.82. The van der Waals surface area contributed by atoms with Crippen molar-refractivity contribution in [2.75, 3.05) is 31.6 Å². The molecule has 0 aliphatic carbocycles. The van der Waals surface area contributed by atoms with Gasteiger partial charge in [0, 0.05) is 40.2 Å². The third kappa shape index (κ3) is 2.33. The Morgan fingerprint density at radius 1 is 1.32 bits per heavy atom. The van der Waals surface area contributed by atoms with E-state index >= 15 is 0 Å². The Morgan fingerprint density at radius 3 is 2.77 bits per heavy atom. The molecule has 22 heavy (non-hydrogen) atoms. The van der Waals surface area contributed by atoms with Gasteiger partial charge in [-0.1, -0.05) is 0 Å². The molecule has 0 bridgehead atoms. The summed E-state index contributed by atoms with van der Waals surface area (Å²) in [5.74, 6) is 0.441. The Kier molecular flexibility index (Phi) is 3.78. The van der Waals surface area contributed by atoms with Gasteiger partial charge in [-0.2, -0.15) is 0 Å². The summed E-state index contributed by atoms with van der Waals surface area (Å²) in [6, 6.07) is 0.